The topological polar surface area (TPSA) is 128 Å². The number of piperidine rings is 1. The van der Waals surface area contributed by atoms with E-state index in [-0.39, 0.29) is 23.7 Å². The van der Waals surface area contributed by atoms with Crippen LogP contribution in [0.15, 0.2) is 52.5 Å². The number of rotatable bonds is 7. The van der Waals surface area contributed by atoms with Crippen molar-refractivity contribution in [2.45, 2.75) is 31.8 Å². The SMILES string of the molecule is C=C(/N=C\c1cc(-c2ccccc2N)c(=O)n(C2CC2)c1N)NC1C2CN(C(=O)OCC)CC21. The summed E-state index contributed by atoms with van der Waals surface area (Å²) in [5, 5.41) is 3.35. The van der Waals surface area contributed by atoms with Crippen molar-refractivity contribution >= 4 is 23.8 Å². The van der Waals surface area contributed by atoms with Crippen molar-refractivity contribution in [3.05, 3.63) is 58.6 Å². The number of carbonyl (C=O) groups excluding carboxylic acids is 1. The Hall–Kier alpha value is -3.75. The number of nitrogens with one attached hydrogen (secondary N) is 1. The fourth-order valence-electron chi connectivity index (χ4n) is 4.88. The number of anilines is 2. The van der Waals surface area contributed by atoms with Gasteiger partial charge in [-0.1, -0.05) is 24.8 Å². The Morgan fingerprint density at radius 2 is 1.94 bits per heavy atom. The summed E-state index contributed by atoms with van der Waals surface area (Å²) in [6.45, 7) is 7.58. The normalized spacial score (nSPS) is 23.1. The van der Waals surface area contributed by atoms with Crippen LogP contribution < -0.4 is 22.3 Å². The average molecular weight is 463 g/mol. The maximum absolute atomic E-state index is 13.2. The molecule has 1 aromatic carbocycles. The van der Waals surface area contributed by atoms with Gasteiger partial charge in [0.25, 0.3) is 5.56 Å². The second-order valence-corrected chi connectivity index (χ2v) is 9.20. The molecule has 2 heterocycles. The lowest BCUT2D eigenvalue weighted by Crippen LogP contribution is -2.35. The number of carbonyl (C=O) groups is 1. The second-order valence-electron chi connectivity index (χ2n) is 9.20. The number of nitrogen functional groups attached to an aromatic ring is 2. The first-order valence-corrected chi connectivity index (χ1v) is 11.7. The number of aliphatic imine (C=N–C) groups is 1. The van der Waals surface area contributed by atoms with Crippen molar-refractivity contribution in [1.82, 2.24) is 14.8 Å². The first-order chi connectivity index (χ1) is 16.4. The first kappa shape index (κ1) is 22.1. The molecule has 178 valence electrons. The standard InChI is InChI=1S/C25H30N6O3/c1-3-34-25(33)30-12-19-20(13-30)22(19)29-14(2)28-11-15-10-18(17-6-4-5-7-21(17)26)24(32)31(23(15)27)16-8-9-16/h4-7,10-11,16,19-20,22,29H,2-3,8-9,12-13,26-27H2,1H3/b28-11-. The van der Waals surface area contributed by atoms with Crippen LogP contribution in [-0.4, -0.2) is 47.5 Å². The maximum Gasteiger partial charge on any atom is 0.409 e. The van der Waals surface area contributed by atoms with E-state index in [1.165, 1.54) is 0 Å². The Kier molecular flexibility index (Phi) is 5.55. The van der Waals surface area contributed by atoms with Crippen LogP contribution >= 0.6 is 0 Å². The number of para-hydroxylation sites is 1. The molecule has 2 unspecified atom stereocenters. The molecule has 1 amide bonds. The van der Waals surface area contributed by atoms with E-state index >= 15 is 0 Å². The molecule has 34 heavy (non-hydrogen) atoms. The number of likely N-dealkylation sites (tertiary alicyclic amines) is 1. The zero-order valence-corrected chi connectivity index (χ0v) is 19.2. The van der Waals surface area contributed by atoms with Crippen molar-refractivity contribution in [2.24, 2.45) is 16.8 Å². The van der Waals surface area contributed by atoms with Gasteiger partial charge in [-0.25, -0.2) is 9.79 Å². The van der Waals surface area contributed by atoms with E-state index in [0.29, 0.717) is 65.5 Å². The highest BCUT2D eigenvalue weighted by Crippen LogP contribution is 2.46. The predicted molar refractivity (Wildman–Crippen MR) is 132 cm³/mol. The molecule has 5 rings (SSSR count). The number of nitrogens with two attached hydrogens (primary N) is 2. The van der Waals surface area contributed by atoms with Gasteiger partial charge in [-0.2, -0.15) is 0 Å². The lowest BCUT2D eigenvalue weighted by Gasteiger charge is -2.19. The minimum atomic E-state index is -0.249. The van der Waals surface area contributed by atoms with Crippen molar-refractivity contribution in [3.8, 4) is 11.1 Å². The van der Waals surface area contributed by atoms with Gasteiger partial charge in [0.2, 0.25) is 0 Å². The van der Waals surface area contributed by atoms with E-state index in [2.05, 4.69) is 16.9 Å². The number of fused-ring (bicyclic) bond motifs is 1. The number of nitrogens with zero attached hydrogens (tertiary/aromatic N) is 3. The van der Waals surface area contributed by atoms with Crippen LogP contribution in [0.3, 0.4) is 0 Å². The Morgan fingerprint density at radius 3 is 2.59 bits per heavy atom. The van der Waals surface area contributed by atoms with Crippen molar-refractivity contribution < 1.29 is 9.53 Å². The number of benzene rings is 1. The molecule has 2 saturated carbocycles. The number of hydrogen-bond donors (Lipinski definition) is 3. The summed E-state index contributed by atoms with van der Waals surface area (Å²) in [7, 11) is 0. The zero-order chi connectivity index (χ0) is 24.0. The van der Waals surface area contributed by atoms with E-state index in [1.807, 2.05) is 25.1 Å². The van der Waals surface area contributed by atoms with E-state index in [1.54, 1.807) is 27.8 Å². The van der Waals surface area contributed by atoms with Gasteiger partial charge >= 0.3 is 6.09 Å². The van der Waals surface area contributed by atoms with E-state index in [4.69, 9.17) is 16.2 Å². The molecular weight excluding hydrogens is 432 g/mol. The van der Waals surface area contributed by atoms with Gasteiger partial charge in [-0.15, -0.1) is 0 Å². The Morgan fingerprint density at radius 1 is 1.24 bits per heavy atom. The number of hydrogen-bond acceptors (Lipinski definition) is 7. The highest BCUT2D eigenvalue weighted by atomic mass is 16.6. The number of amides is 1. The fourth-order valence-corrected chi connectivity index (χ4v) is 4.88. The molecule has 2 aliphatic carbocycles. The molecule has 2 aromatic rings. The fraction of sp³-hybridized carbons (Fsp3) is 0.400. The van der Waals surface area contributed by atoms with Gasteiger partial charge in [0.15, 0.2) is 0 Å². The molecule has 3 aliphatic rings. The van der Waals surface area contributed by atoms with Crippen LogP contribution in [0.25, 0.3) is 11.1 Å². The largest absolute Gasteiger partial charge is 0.450 e. The molecule has 0 spiro atoms. The lowest BCUT2D eigenvalue weighted by atomic mass is 10.0. The zero-order valence-electron chi connectivity index (χ0n) is 19.2. The monoisotopic (exact) mass is 462 g/mol. The van der Waals surface area contributed by atoms with E-state index in [0.717, 1.165) is 12.8 Å². The Bertz CT molecular complexity index is 1220. The van der Waals surface area contributed by atoms with Crippen molar-refractivity contribution in [2.75, 3.05) is 31.2 Å². The molecule has 1 aromatic heterocycles. The van der Waals surface area contributed by atoms with Crippen molar-refractivity contribution in [3.63, 3.8) is 0 Å². The number of pyridine rings is 1. The van der Waals surface area contributed by atoms with E-state index < -0.39 is 0 Å². The molecule has 9 heteroatoms. The summed E-state index contributed by atoms with van der Waals surface area (Å²) in [5.74, 6) is 1.68. The van der Waals surface area contributed by atoms with Gasteiger partial charge in [0, 0.05) is 60.0 Å². The predicted octanol–water partition coefficient (Wildman–Crippen LogP) is 2.58. The van der Waals surface area contributed by atoms with Gasteiger partial charge in [0.1, 0.15) is 11.6 Å². The van der Waals surface area contributed by atoms with Gasteiger partial charge < -0.3 is 26.4 Å². The summed E-state index contributed by atoms with van der Waals surface area (Å²) >= 11 is 0. The Balaban J connectivity index is 1.32. The molecule has 0 bridgehead atoms. The molecule has 5 N–H and O–H groups in total. The summed E-state index contributed by atoms with van der Waals surface area (Å²) in [6, 6.07) is 9.42. The van der Waals surface area contributed by atoms with Gasteiger partial charge in [-0.3, -0.25) is 9.36 Å². The van der Waals surface area contributed by atoms with Crippen LogP contribution in [-0.2, 0) is 4.74 Å². The highest BCUT2D eigenvalue weighted by molar-refractivity contribution is 5.89. The third-order valence-electron chi connectivity index (χ3n) is 6.88. The van der Waals surface area contributed by atoms with Crippen molar-refractivity contribution in [1.29, 1.82) is 0 Å². The molecule has 1 aliphatic heterocycles. The smallest absolute Gasteiger partial charge is 0.409 e. The van der Waals surface area contributed by atoms with Crippen LogP contribution in [0.1, 0.15) is 31.4 Å². The summed E-state index contributed by atoms with van der Waals surface area (Å²) in [5.41, 5.74) is 14.8. The summed E-state index contributed by atoms with van der Waals surface area (Å²) in [6.07, 6.45) is 3.25. The summed E-state index contributed by atoms with van der Waals surface area (Å²) < 4.78 is 6.74. The molecular formula is C25H30N6O3. The summed E-state index contributed by atoms with van der Waals surface area (Å²) in [4.78, 5) is 31.3. The minimum absolute atomic E-state index is 0.110. The van der Waals surface area contributed by atoms with Crippen LogP contribution in [0.2, 0.25) is 0 Å². The Labute approximate surface area is 198 Å². The van der Waals surface area contributed by atoms with Gasteiger partial charge in [-0.05, 0) is 31.9 Å². The second kappa shape index (κ2) is 8.55. The van der Waals surface area contributed by atoms with Crippen LogP contribution in [0, 0.1) is 11.8 Å². The van der Waals surface area contributed by atoms with E-state index in [9.17, 15) is 9.59 Å². The highest BCUT2D eigenvalue weighted by Gasteiger charge is 2.57. The first-order valence-electron chi connectivity index (χ1n) is 11.7. The third kappa shape index (κ3) is 4.02. The van der Waals surface area contributed by atoms with Gasteiger partial charge in [0.05, 0.1) is 12.2 Å². The molecule has 2 atom stereocenters. The average Bonchev–Trinajstić information content (AvgIpc) is 3.71. The molecule has 9 nitrogen and oxygen atoms in total. The molecule has 0 radical (unpaired) electrons. The molecule has 3 fully saturated rings. The van der Waals surface area contributed by atoms with Crippen LogP contribution in [0.4, 0.5) is 16.3 Å². The maximum atomic E-state index is 13.2. The van der Waals surface area contributed by atoms with Crippen LogP contribution in [0.5, 0.6) is 0 Å². The number of ether oxygens (including phenoxy) is 1. The quantitative estimate of drug-likeness (QED) is 0.429. The molecule has 1 saturated heterocycles. The minimum Gasteiger partial charge on any atom is -0.450 e. The lowest BCUT2D eigenvalue weighted by molar-refractivity contribution is 0.111. The third-order valence-corrected chi connectivity index (χ3v) is 6.88. The number of aromatic nitrogens is 1.